The smallest absolute Gasteiger partial charge is 0.239 e. The van der Waals surface area contributed by atoms with Crippen molar-refractivity contribution in [3.63, 3.8) is 0 Å². The van der Waals surface area contributed by atoms with E-state index in [4.69, 9.17) is 0 Å². The Labute approximate surface area is 104 Å². The van der Waals surface area contributed by atoms with Crippen LogP contribution in [0.5, 0.6) is 0 Å². The molecule has 1 aliphatic heterocycles. The number of hydrogen-bond donors (Lipinski definition) is 2. The lowest BCUT2D eigenvalue weighted by Gasteiger charge is -2.25. The molecule has 2 rings (SSSR count). The van der Waals surface area contributed by atoms with Crippen LogP contribution < -0.4 is 10.0 Å². The molecular weight excluding hydrogens is 259 g/mol. The number of hydrogen-bond acceptors (Lipinski definition) is 4. The van der Waals surface area contributed by atoms with Gasteiger partial charge in [-0.25, -0.2) is 12.8 Å². The molecule has 0 aliphatic carbocycles. The molecule has 0 unspecified atom stereocenters. The molecule has 0 spiro atoms. The van der Waals surface area contributed by atoms with Crippen LogP contribution in [0.2, 0.25) is 0 Å². The van der Waals surface area contributed by atoms with Gasteiger partial charge in [0.1, 0.15) is 5.82 Å². The number of nitrogens with one attached hydrogen (secondary N) is 2. The van der Waals surface area contributed by atoms with Crippen LogP contribution in [0, 0.1) is 11.7 Å². The molecule has 0 bridgehead atoms. The number of carbonyl (C=O) groups excluding carboxylic acids is 1. The van der Waals surface area contributed by atoms with Crippen molar-refractivity contribution in [2.45, 2.75) is 5.75 Å². The van der Waals surface area contributed by atoms with E-state index in [9.17, 15) is 17.6 Å². The molecule has 1 amide bonds. The van der Waals surface area contributed by atoms with Crippen molar-refractivity contribution in [3.05, 3.63) is 35.6 Å². The van der Waals surface area contributed by atoms with Crippen LogP contribution in [0.4, 0.5) is 4.39 Å². The fourth-order valence-corrected chi connectivity index (χ4v) is 2.76. The molecule has 18 heavy (non-hydrogen) atoms. The first kappa shape index (κ1) is 13.0. The zero-order valence-electron chi connectivity index (χ0n) is 9.52. The number of carbonyl (C=O) groups is 1. The van der Waals surface area contributed by atoms with E-state index in [-0.39, 0.29) is 11.5 Å². The van der Waals surface area contributed by atoms with Crippen molar-refractivity contribution in [2.75, 3.05) is 13.1 Å². The van der Waals surface area contributed by atoms with Crippen LogP contribution in [0.25, 0.3) is 0 Å². The molecule has 1 aromatic carbocycles. The van der Waals surface area contributed by atoms with Crippen LogP contribution in [-0.2, 0) is 20.6 Å². The maximum Gasteiger partial charge on any atom is 0.239 e. The molecule has 7 heteroatoms. The second-order valence-electron chi connectivity index (χ2n) is 4.17. The second-order valence-corrected chi connectivity index (χ2v) is 5.89. The molecule has 1 aromatic rings. The van der Waals surface area contributed by atoms with Crippen molar-refractivity contribution in [2.24, 2.45) is 5.92 Å². The fourth-order valence-electron chi connectivity index (χ4n) is 1.57. The van der Waals surface area contributed by atoms with Gasteiger partial charge in [0.2, 0.25) is 15.9 Å². The highest BCUT2D eigenvalue weighted by atomic mass is 32.2. The number of amides is 1. The molecule has 0 radical (unpaired) electrons. The lowest BCUT2D eigenvalue weighted by atomic mass is 10.0. The summed E-state index contributed by atoms with van der Waals surface area (Å²) in [6, 6.07) is 5.59. The third kappa shape index (κ3) is 3.05. The Kier molecular flexibility index (Phi) is 3.63. The van der Waals surface area contributed by atoms with Crippen LogP contribution in [0.1, 0.15) is 5.56 Å². The number of rotatable bonds is 4. The minimum Gasteiger partial charge on any atom is -0.315 e. The highest BCUT2D eigenvalue weighted by Crippen LogP contribution is 2.11. The summed E-state index contributed by atoms with van der Waals surface area (Å²) in [6.07, 6.45) is 0. The van der Waals surface area contributed by atoms with Gasteiger partial charge in [0.05, 0.1) is 11.7 Å². The summed E-state index contributed by atoms with van der Waals surface area (Å²) in [5, 5.41) is 2.87. The van der Waals surface area contributed by atoms with E-state index < -0.39 is 27.5 Å². The lowest BCUT2D eigenvalue weighted by Crippen LogP contribution is -2.52. The highest BCUT2D eigenvalue weighted by Gasteiger charge is 2.28. The van der Waals surface area contributed by atoms with Crippen molar-refractivity contribution >= 4 is 15.9 Å². The van der Waals surface area contributed by atoms with E-state index in [0.717, 1.165) is 0 Å². The summed E-state index contributed by atoms with van der Waals surface area (Å²) in [5.41, 5.74) is 0.0459. The maximum absolute atomic E-state index is 13.3. The van der Waals surface area contributed by atoms with Gasteiger partial charge in [-0.1, -0.05) is 18.2 Å². The summed E-state index contributed by atoms with van der Waals surface area (Å²) in [5.74, 6) is -1.99. The molecule has 1 aliphatic rings. The van der Waals surface area contributed by atoms with Gasteiger partial charge in [-0.3, -0.25) is 9.52 Å². The van der Waals surface area contributed by atoms with E-state index in [0.29, 0.717) is 13.1 Å². The summed E-state index contributed by atoms with van der Waals surface area (Å²) in [4.78, 5) is 11.5. The first-order valence-corrected chi connectivity index (χ1v) is 7.11. The predicted octanol–water partition coefficient (Wildman–Crippen LogP) is -0.00890. The molecule has 0 atom stereocenters. The number of benzene rings is 1. The zero-order valence-corrected chi connectivity index (χ0v) is 10.3. The standard InChI is InChI=1S/C11H13FN2O3S/c12-10-4-2-1-3-8(10)7-18(16,17)14-11(15)9-5-13-6-9/h1-4,9,13H,5-7H2,(H,14,15). The first-order valence-electron chi connectivity index (χ1n) is 5.46. The van der Waals surface area contributed by atoms with E-state index in [1.165, 1.54) is 18.2 Å². The van der Waals surface area contributed by atoms with Gasteiger partial charge in [0.15, 0.2) is 0 Å². The molecular formula is C11H13FN2O3S. The van der Waals surface area contributed by atoms with Gasteiger partial charge in [-0.15, -0.1) is 0 Å². The van der Waals surface area contributed by atoms with Gasteiger partial charge < -0.3 is 5.32 Å². The Morgan fingerprint density at radius 2 is 2.06 bits per heavy atom. The summed E-state index contributed by atoms with van der Waals surface area (Å²) >= 11 is 0. The summed E-state index contributed by atoms with van der Waals surface area (Å²) < 4.78 is 38.6. The van der Waals surface area contributed by atoms with Crippen molar-refractivity contribution < 1.29 is 17.6 Å². The number of halogens is 1. The molecule has 1 heterocycles. The average molecular weight is 272 g/mol. The van der Waals surface area contributed by atoms with Gasteiger partial charge in [-0.2, -0.15) is 0 Å². The van der Waals surface area contributed by atoms with Crippen LogP contribution in [0.3, 0.4) is 0 Å². The van der Waals surface area contributed by atoms with Crippen molar-refractivity contribution in [3.8, 4) is 0 Å². The topological polar surface area (TPSA) is 75.3 Å². The molecule has 0 aromatic heterocycles. The minimum atomic E-state index is -3.84. The molecule has 0 saturated carbocycles. The van der Waals surface area contributed by atoms with Gasteiger partial charge in [-0.05, 0) is 6.07 Å². The third-order valence-electron chi connectivity index (χ3n) is 2.71. The first-order chi connectivity index (χ1) is 8.48. The Hall–Kier alpha value is -1.47. The summed E-state index contributed by atoms with van der Waals surface area (Å²) in [7, 11) is -3.84. The number of sulfonamides is 1. The van der Waals surface area contributed by atoms with Crippen molar-refractivity contribution in [1.82, 2.24) is 10.0 Å². The van der Waals surface area contributed by atoms with Gasteiger partial charge in [0.25, 0.3) is 0 Å². The highest BCUT2D eigenvalue weighted by molar-refractivity contribution is 7.89. The molecule has 5 nitrogen and oxygen atoms in total. The quantitative estimate of drug-likeness (QED) is 0.808. The third-order valence-corrected chi connectivity index (χ3v) is 3.91. The monoisotopic (exact) mass is 272 g/mol. The van der Waals surface area contributed by atoms with Crippen LogP contribution in [0.15, 0.2) is 24.3 Å². The van der Waals surface area contributed by atoms with Crippen LogP contribution in [-0.4, -0.2) is 27.4 Å². The minimum absolute atomic E-state index is 0.0459. The van der Waals surface area contributed by atoms with Crippen molar-refractivity contribution in [1.29, 1.82) is 0 Å². The fraction of sp³-hybridized carbons (Fsp3) is 0.364. The van der Waals surface area contributed by atoms with Gasteiger partial charge in [0, 0.05) is 18.7 Å². The SMILES string of the molecule is O=C(NS(=O)(=O)Cc1ccccc1F)C1CNC1. The average Bonchev–Trinajstić information content (AvgIpc) is 2.17. The molecule has 98 valence electrons. The second kappa shape index (κ2) is 5.03. The van der Waals surface area contributed by atoms with E-state index in [1.54, 1.807) is 6.07 Å². The van der Waals surface area contributed by atoms with E-state index in [1.807, 2.05) is 4.72 Å². The summed E-state index contributed by atoms with van der Waals surface area (Å²) in [6.45, 7) is 0.947. The Morgan fingerprint density at radius 1 is 1.39 bits per heavy atom. The van der Waals surface area contributed by atoms with Crippen LogP contribution >= 0.6 is 0 Å². The molecule has 2 N–H and O–H groups in total. The normalized spacial score (nSPS) is 16.1. The lowest BCUT2D eigenvalue weighted by molar-refractivity contribution is -0.124. The Morgan fingerprint density at radius 3 is 2.61 bits per heavy atom. The molecule has 1 fully saturated rings. The Bertz CT molecular complexity index is 555. The Balaban J connectivity index is 2.03. The predicted molar refractivity (Wildman–Crippen MR) is 63.5 cm³/mol. The molecule has 1 saturated heterocycles. The van der Waals surface area contributed by atoms with E-state index in [2.05, 4.69) is 5.32 Å². The zero-order chi connectivity index (χ0) is 13.2. The maximum atomic E-state index is 13.3. The largest absolute Gasteiger partial charge is 0.315 e. The van der Waals surface area contributed by atoms with E-state index >= 15 is 0 Å². The van der Waals surface area contributed by atoms with Gasteiger partial charge >= 0.3 is 0 Å².